The van der Waals surface area contributed by atoms with Crippen LogP contribution >= 0.6 is 23.2 Å². The second kappa shape index (κ2) is 6.45. The van der Waals surface area contributed by atoms with E-state index in [-0.39, 0.29) is 17.8 Å². The average molecular weight is 350 g/mol. The molecule has 0 saturated heterocycles. The Bertz CT molecular complexity index is 625. The third kappa shape index (κ3) is 3.73. The predicted molar refractivity (Wildman–Crippen MR) is 87.5 cm³/mol. The molecule has 0 atom stereocenters. The first-order chi connectivity index (χ1) is 9.77. The summed E-state index contributed by atoms with van der Waals surface area (Å²) in [7, 11) is -3.53. The molecule has 1 aromatic carbocycles. The van der Waals surface area contributed by atoms with Crippen LogP contribution < -0.4 is 0 Å². The summed E-state index contributed by atoms with van der Waals surface area (Å²) in [5.41, 5.74) is 1.46. The molecule has 0 heterocycles. The van der Waals surface area contributed by atoms with Gasteiger partial charge in [0.1, 0.15) is 0 Å². The normalized spacial score (nSPS) is 16.0. The standard InChI is InChI=1S/C15H21Cl2NO2S/c1-10(2)9-18(14-4-5-14)21(19,20)15-7-13(17)6-12(8-16)11(15)3/h6-7,10,14H,4-5,8-9H2,1-3H3. The summed E-state index contributed by atoms with van der Waals surface area (Å²) in [5.74, 6) is 0.537. The van der Waals surface area contributed by atoms with Gasteiger partial charge in [0.15, 0.2) is 0 Å². The van der Waals surface area contributed by atoms with E-state index < -0.39 is 10.0 Å². The summed E-state index contributed by atoms with van der Waals surface area (Å²) in [6.45, 7) is 6.39. The molecule has 2 rings (SSSR count). The average Bonchev–Trinajstić information content (AvgIpc) is 3.22. The van der Waals surface area contributed by atoms with Crippen molar-refractivity contribution in [1.82, 2.24) is 4.31 Å². The fraction of sp³-hybridized carbons (Fsp3) is 0.600. The first kappa shape index (κ1) is 17.1. The Morgan fingerprint density at radius 1 is 1.33 bits per heavy atom. The Kier molecular flexibility index (Phi) is 5.24. The third-order valence-electron chi connectivity index (χ3n) is 3.66. The molecule has 1 saturated carbocycles. The topological polar surface area (TPSA) is 37.4 Å². The van der Waals surface area contributed by atoms with Crippen molar-refractivity contribution in [1.29, 1.82) is 0 Å². The van der Waals surface area contributed by atoms with Crippen LogP contribution in [0.25, 0.3) is 0 Å². The Labute approximate surface area is 137 Å². The summed E-state index contributed by atoms with van der Waals surface area (Å²) in [4.78, 5) is 0.290. The number of sulfonamides is 1. The van der Waals surface area contributed by atoms with E-state index in [1.54, 1.807) is 17.3 Å². The van der Waals surface area contributed by atoms with Gasteiger partial charge in [0, 0.05) is 23.5 Å². The van der Waals surface area contributed by atoms with Crippen LogP contribution in [0.5, 0.6) is 0 Å². The second-order valence-corrected chi connectivity index (χ2v) is 8.58. The summed E-state index contributed by atoms with van der Waals surface area (Å²) >= 11 is 12.0. The molecule has 0 bridgehead atoms. The lowest BCUT2D eigenvalue weighted by atomic mass is 10.1. The molecule has 0 unspecified atom stereocenters. The molecule has 0 spiro atoms. The van der Waals surface area contributed by atoms with Crippen molar-refractivity contribution < 1.29 is 8.42 Å². The van der Waals surface area contributed by atoms with E-state index in [2.05, 4.69) is 0 Å². The first-order valence-corrected chi connectivity index (χ1v) is 9.49. The summed E-state index contributed by atoms with van der Waals surface area (Å²) in [6, 6.07) is 3.40. The van der Waals surface area contributed by atoms with Crippen molar-refractivity contribution in [3.05, 3.63) is 28.3 Å². The number of nitrogens with zero attached hydrogens (tertiary/aromatic N) is 1. The Hall–Kier alpha value is -0.290. The highest BCUT2D eigenvalue weighted by Gasteiger charge is 2.39. The van der Waals surface area contributed by atoms with Crippen LogP contribution in [0, 0.1) is 12.8 Å². The maximum absolute atomic E-state index is 13.0. The van der Waals surface area contributed by atoms with Crippen molar-refractivity contribution in [2.24, 2.45) is 5.92 Å². The van der Waals surface area contributed by atoms with E-state index in [1.807, 2.05) is 13.8 Å². The quantitative estimate of drug-likeness (QED) is 0.721. The summed E-state index contributed by atoms with van der Waals surface area (Å²) in [6.07, 6.45) is 1.88. The molecule has 0 aromatic heterocycles. The first-order valence-electron chi connectivity index (χ1n) is 7.14. The minimum atomic E-state index is -3.53. The lowest BCUT2D eigenvalue weighted by molar-refractivity contribution is 0.360. The van der Waals surface area contributed by atoms with Crippen LogP contribution in [-0.2, 0) is 15.9 Å². The van der Waals surface area contributed by atoms with Crippen molar-refractivity contribution in [3.63, 3.8) is 0 Å². The molecule has 0 amide bonds. The number of rotatable bonds is 6. The zero-order valence-corrected chi connectivity index (χ0v) is 14.9. The van der Waals surface area contributed by atoms with E-state index in [9.17, 15) is 8.42 Å². The van der Waals surface area contributed by atoms with E-state index in [1.165, 1.54) is 6.07 Å². The smallest absolute Gasteiger partial charge is 0.207 e. The van der Waals surface area contributed by atoms with Crippen LogP contribution in [0.1, 0.15) is 37.8 Å². The Balaban J connectivity index is 2.49. The lowest BCUT2D eigenvalue weighted by Gasteiger charge is -2.25. The molecule has 3 nitrogen and oxygen atoms in total. The monoisotopic (exact) mass is 349 g/mol. The summed E-state index contributed by atoms with van der Waals surface area (Å²) in [5, 5.41) is 0.412. The van der Waals surface area contributed by atoms with Gasteiger partial charge in [0.05, 0.1) is 4.90 Å². The van der Waals surface area contributed by atoms with Crippen LogP contribution in [0.3, 0.4) is 0 Å². The maximum Gasteiger partial charge on any atom is 0.243 e. The molecular weight excluding hydrogens is 329 g/mol. The maximum atomic E-state index is 13.0. The van der Waals surface area contributed by atoms with E-state index >= 15 is 0 Å². The third-order valence-corrected chi connectivity index (χ3v) is 6.21. The number of alkyl halides is 1. The molecule has 1 aliphatic carbocycles. The van der Waals surface area contributed by atoms with Gasteiger partial charge in [-0.1, -0.05) is 25.4 Å². The Morgan fingerprint density at radius 2 is 1.95 bits per heavy atom. The molecule has 118 valence electrons. The van der Waals surface area contributed by atoms with E-state index in [0.717, 1.165) is 18.4 Å². The molecule has 0 radical (unpaired) electrons. The zero-order valence-electron chi connectivity index (χ0n) is 12.6. The number of hydrogen-bond donors (Lipinski definition) is 0. The molecule has 21 heavy (non-hydrogen) atoms. The van der Waals surface area contributed by atoms with Gasteiger partial charge in [-0.2, -0.15) is 4.31 Å². The van der Waals surface area contributed by atoms with Crippen LogP contribution in [0.4, 0.5) is 0 Å². The van der Waals surface area contributed by atoms with Gasteiger partial charge >= 0.3 is 0 Å². The lowest BCUT2D eigenvalue weighted by Crippen LogP contribution is -2.36. The van der Waals surface area contributed by atoms with Gasteiger partial charge in [-0.05, 0) is 48.9 Å². The SMILES string of the molecule is Cc1c(CCl)cc(Cl)cc1S(=O)(=O)N(CC(C)C)C1CC1. The van der Waals surface area contributed by atoms with Crippen molar-refractivity contribution in [2.45, 2.75) is 50.4 Å². The van der Waals surface area contributed by atoms with Gasteiger partial charge in [-0.15, -0.1) is 11.6 Å². The van der Waals surface area contributed by atoms with E-state index in [0.29, 0.717) is 22.0 Å². The predicted octanol–water partition coefficient (Wildman–Crippen LogP) is 4.20. The Morgan fingerprint density at radius 3 is 2.43 bits per heavy atom. The van der Waals surface area contributed by atoms with Gasteiger partial charge in [0.2, 0.25) is 10.0 Å². The second-order valence-electron chi connectivity index (χ2n) is 6.02. The molecule has 0 aliphatic heterocycles. The number of halogens is 2. The molecule has 0 N–H and O–H groups in total. The molecule has 1 aromatic rings. The van der Waals surface area contributed by atoms with Crippen molar-refractivity contribution in [2.75, 3.05) is 6.54 Å². The molecule has 1 aliphatic rings. The van der Waals surface area contributed by atoms with Crippen LogP contribution in [0.15, 0.2) is 17.0 Å². The number of hydrogen-bond acceptors (Lipinski definition) is 2. The van der Waals surface area contributed by atoms with Gasteiger partial charge in [-0.3, -0.25) is 0 Å². The van der Waals surface area contributed by atoms with E-state index in [4.69, 9.17) is 23.2 Å². The van der Waals surface area contributed by atoms with Gasteiger partial charge in [0.25, 0.3) is 0 Å². The van der Waals surface area contributed by atoms with Crippen molar-refractivity contribution >= 4 is 33.2 Å². The molecular formula is C15H21Cl2NO2S. The van der Waals surface area contributed by atoms with Gasteiger partial charge in [-0.25, -0.2) is 8.42 Å². The molecule has 1 fully saturated rings. The highest BCUT2D eigenvalue weighted by atomic mass is 35.5. The van der Waals surface area contributed by atoms with Crippen LogP contribution in [-0.4, -0.2) is 25.3 Å². The minimum Gasteiger partial charge on any atom is -0.207 e. The fourth-order valence-electron chi connectivity index (χ4n) is 2.41. The largest absolute Gasteiger partial charge is 0.243 e. The highest BCUT2D eigenvalue weighted by Crippen LogP contribution is 2.35. The molecule has 6 heteroatoms. The van der Waals surface area contributed by atoms with Crippen molar-refractivity contribution in [3.8, 4) is 0 Å². The van der Waals surface area contributed by atoms with Gasteiger partial charge < -0.3 is 0 Å². The summed E-state index contributed by atoms with van der Waals surface area (Å²) < 4.78 is 27.7. The minimum absolute atomic E-state index is 0.134. The highest BCUT2D eigenvalue weighted by molar-refractivity contribution is 7.89. The number of benzene rings is 1. The zero-order chi connectivity index (χ0) is 15.8. The fourth-order valence-corrected chi connectivity index (χ4v) is 5.13. The van der Waals surface area contributed by atoms with Crippen LogP contribution in [0.2, 0.25) is 5.02 Å².